The van der Waals surface area contributed by atoms with E-state index in [2.05, 4.69) is 4.74 Å². The maximum absolute atomic E-state index is 14.2. The van der Waals surface area contributed by atoms with Crippen LogP contribution in [0.1, 0.15) is 34.6 Å². The number of rotatable bonds is 5. The maximum Gasteiger partial charge on any atom is 0.339 e. The summed E-state index contributed by atoms with van der Waals surface area (Å²) in [5.41, 5.74) is -2.40. The standard InChI is InChI=1S/C13H14F3NO4/c1-4-17(5-2)12(18)6-7(13(19)20)8(14)10(16)11(21-3)9(6)15/h4-5H2,1-3H3,(H,19,20). The van der Waals surface area contributed by atoms with Gasteiger partial charge in [-0.15, -0.1) is 0 Å². The molecule has 1 rings (SSSR count). The Morgan fingerprint density at radius 1 is 1.05 bits per heavy atom. The van der Waals surface area contributed by atoms with E-state index in [0.717, 1.165) is 12.0 Å². The van der Waals surface area contributed by atoms with Gasteiger partial charge in [-0.3, -0.25) is 4.79 Å². The van der Waals surface area contributed by atoms with Crippen LogP contribution >= 0.6 is 0 Å². The lowest BCUT2D eigenvalue weighted by molar-refractivity contribution is 0.0667. The van der Waals surface area contributed by atoms with Crippen molar-refractivity contribution in [2.75, 3.05) is 20.2 Å². The lowest BCUT2D eigenvalue weighted by Crippen LogP contribution is -2.33. The van der Waals surface area contributed by atoms with Crippen LogP contribution in [0.5, 0.6) is 5.75 Å². The molecule has 21 heavy (non-hydrogen) atoms. The lowest BCUT2D eigenvalue weighted by Gasteiger charge is -2.21. The molecule has 8 heteroatoms. The molecular formula is C13H14F3NO4. The summed E-state index contributed by atoms with van der Waals surface area (Å²) in [5, 5.41) is 8.95. The molecule has 0 saturated carbocycles. The molecule has 0 saturated heterocycles. The minimum Gasteiger partial charge on any atom is -0.491 e. The Bertz CT molecular complexity index is 586. The van der Waals surface area contributed by atoms with Gasteiger partial charge < -0.3 is 14.7 Å². The number of carbonyl (C=O) groups excluding carboxylic acids is 1. The third-order valence-electron chi connectivity index (χ3n) is 2.96. The molecule has 0 aliphatic rings. The number of amides is 1. The Labute approximate surface area is 118 Å². The summed E-state index contributed by atoms with van der Waals surface area (Å²) < 4.78 is 45.9. The van der Waals surface area contributed by atoms with Crippen LogP contribution in [0.2, 0.25) is 0 Å². The second-order valence-electron chi connectivity index (χ2n) is 4.01. The van der Waals surface area contributed by atoms with Crippen LogP contribution in [-0.2, 0) is 0 Å². The number of ether oxygens (including phenoxy) is 1. The molecule has 116 valence electrons. The molecule has 0 radical (unpaired) electrons. The van der Waals surface area contributed by atoms with E-state index >= 15 is 0 Å². The third-order valence-corrected chi connectivity index (χ3v) is 2.96. The second kappa shape index (κ2) is 6.47. The first kappa shape index (κ1) is 16.8. The van der Waals surface area contributed by atoms with Crippen molar-refractivity contribution in [1.29, 1.82) is 0 Å². The van der Waals surface area contributed by atoms with Crippen LogP contribution in [0.25, 0.3) is 0 Å². The van der Waals surface area contributed by atoms with Crippen molar-refractivity contribution in [2.45, 2.75) is 13.8 Å². The number of carbonyl (C=O) groups is 2. The number of benzene rings is 1. The number of nitrogens with zero attached hydrogens (tertiary/aromatic N) is 1. The van der Waals surface area contributed by atoms with Gasteiger partial charge in [0.05, 0.1) is 12.7 Å². The quantitative estimate of drug-likeness (QED) is 0.848. The highest BCUT2D eigenvalue weighted by atomic mass is 19.2. The number of methoxy groups -OCH3 is 1. The minimum absolute atomic E-state index is 0.148. The van der Waals surface area contributed by atoms with Gasteiger partial charge >= 0.3 is 5.97 Å². The fourth-order valence-corrected chi connectivity index (χ4v) is 1.89. The van der Waals surface area contributed by atoms with Crippen molar-refractivity contribution < 1.29 is 32.6 Å². The molecule has 0 unspecified atom stereocenters. The average Bonchev–Trinajstić information content (AvgIpc) is 2.43. The fourth-order valence-electron chi connectivity index (χ4n) is 1.89. The van der Waals surface area contributed by atoms with Crippen LogP contribution in [0, 0.1) is 17.5 Å². The van der Waals surface area contributed by atoms with Crippen LogP contribution in [0.3, 0.4) is 0 Å². The largest absolute Gasteiger partial charge is 0.491 e. The summed E-state index contributed by atoms with van der Waals surface area (Å²) in [6.45, 7) is 3.46. The van der Waals surface area contributed by atoms with Crippen molar-refractivity contribution in [3.8, 4) is 5.75 Å². The normalized spacial score (nSPS) is 10.4. The van der Waals surface area contributed by atoms with Crippen molar-refractivity contribution in [3.63, 3.8) is 0 Å². The van der Waals surface area contributed by atoms with E-state index in [1.165, 1.54) is 0 Å². The van der Waals surface area contributed by atoms with Crippen molar-refractivity contribution in [2.24, 2.45) is 0 Å². The molecule has 0 spiro atoms. The summed E-state index contributed by atoms with van der Waals surface area (Å²) in [6.07, 6.45) is 0. The van der Waals surface area contributed by atoms with E-state index in [-0.39, 0.29) is 13.1 Å². The Kier molecular flexibility index (Phi) is 5.17. The number of hydrogen-bond acceptors (Lipinski definition) is 3. The first-order valence-corrected chi connectivity index (χ1v) is 6.08. The zero-order valence-corrected chi connectivity index (χ0v) is 11.7. The summed E-state index contributed by atoms with van der Waals surface area (Å²) >= 11 is 0. The zero-order chi connectivity index (χ0) is 16.3. The van der Waals surface area contributed by atoms with Gasteiger partial charge in [-0.1, -0.05) is 0 Å². The van der Waals surface area contributed by atoms with E-state index < -0.39 is 46.2 Å². The molecule has 1 aromatic carbocycles. The van der Waals surface area contributed by atoms with E-state index in [0.29, 0.717) is 0 Å². The van der Waals surface area contributed by atoms with Gasteiger partial charge in [0, 0.05) is 13.1 Å². The number of carboxylic acids is 1. The highest BCUT2D eigenvalue weighted by Crippen LogP contribution is 2.31. The molecule has 0 bridgehead atoms. The molecule has 1 amide bonds. The highest BCUT2D eigenvalue weighted by Gasteiger charge is 2.34. The predicted octanol–water partition coefficient (Wildman–Crippen LogP) is 2.29. The third kappa shape index (κ3) is 2.79. The topological polar surface area (TPSA) is 66.8 Å². The number of halogens is 3. The van der Waals surface area contributed by atoms with E-state index in [1.807, 2.05) is 0 Å². The van der Waals surface area contributed by atoms with Crippen molar-refractivity contribution in [1.82, 2.24) is 4.90 Å². The number of aromatic carboxylic acids is 1. The van der Waals surface area contributed by atoms with E-state index in [4.69, 9.17) is 5.11 Å². The second-order valence-corrected chi connectivity index (χ2v) is 4.01. The van der Waals surface area contributed by atoms with Gasteiger partial charge in [-0.05, 0) is 13.8 Å². The minimum atomic E-state index is -1.94. The van der Waals surface area contributed by atoms with Gasteiger partial charge in [0.25, 0.3) is 5.91 Å². The summed E-state index contributed by atoms with van der Waals surface area (Å²) in [5.74, 6) is -9.28. The molecule has 0 heterocycles. The lowest BCUT2D eigenvalue weighted by atomic mass is 10.0. The molecule has 1 aromatic rings. The molecule has 0 atom stereocenters. The summed E-state index contributed by atoms with van der Waals surface area (Å²) in [4.78, 5) is 24.3. The monoisotopic (exact) mass is 305 g/mol. The Hall–Kier alpha value is -2.25. The maximum atomic E-state index is 14.2. The van der Waals surface area contributed by atoms with E-state index in [1.54, 1.807) is 13.8 Å². The predicted molar refractivity (Wildman–Crippen MR) is 67.1 cm³/mol. The van der Waals surface area contributed by atoms with Crippen molar-refractivity contribution in [3.05, 3.63) is 28.6 Å². The number of carboxylic acid groups (broad SMARTS) is 1. The number of hydrogen-bond donors (Lipinski definition) is 1. The van der Waals surface area contributed by atoms with Crippen LogP contribution < -0.4 is 4.74 Å². The molecular weight excluding hydrogens is 291 g/mol. The zero-order valence-electron chi connectivity index (χ0n) is 11.7. The molecule has 0 aromatic heterocycles. The molecule has 1 N–H and O–H groups in total. The van der Waals surface area contributed by atoms with Gasteiger partial charge in [-0.2, -0.15) is 4.39 Å². The van der Waals surface area contributed by atoms with Gasteiger partial charge in [0.1, 0.15) is 5.56 Å². The van der Waals surface area contributed by atoms with Gasteiger partial charge in [0.2, 0.25) is 5.82 Å². The first-order valence-electron chi connectivity index (χ1n) is 6.08. The Morgan fingerprint density at radius 3 is 1.95 bits per heavy atom. The SMILES string of the molecule is CCN(CC)C(=O)c1c(F)c(OC)c(F)c(F)c1C(=O)O. The first-order chi connectivity index (χ1) is 9.81. The average molecular weight is 305 g/mol. The molecule has 0 fully saturated rings. The van der Waals surface area contributed by atoms with Crippen LogP contribution in [0.15, 0.2) is 0 Å². The summed E-state index contributed by atoms with van der Waals surface area (Å²) in [7, 11) is 0.882. The summed E-state index contributed by atoms with van der Waals surface area (Å²) in [6, 6.07) is 0. The van der Waals surface area contributed by atoms with Gasteiger partial charge in [-0.25, -0.2) is 13.6 Å². The molecule has 0 aliphatic carbocycles. The smallest absolute Gasteiger partial charge is 0.339 e. The molecule has 0 aliphatic heterocycles. The van der Waals surface area contributed by atoms with Gasteiger partial charge in [0.15, 0.2) is 17.4 Å². The molecule has 5 nitrogen and oxygen atoms in total. The Balaban J connectivity index is 3.73. The fraction of sp³-hybridized carbons (Fsp3) is 0.385. The Morgan fingerprint density at radius 2 is 1.57 bits per heavy atom. The highest BCUT2D eigenvalue weighted by molar-refractivity contribution is 6.05. The van der Waals surface area contributed by atoms with Crippen LogP contribution in [0.4, 0.5) is 13.2 Å². The van der Waals surface area contributed by atoms with Crippen LogP contribution in [-0.4, -0.2) is 42.1 Å². The van der Waals surface area contributed by atoms with Crippen molar-refractivity contribution >= 4 is 11.9 Å². The van der Waals surface area contributed by atoms with E-state index in [9.17, 15) is 22.8 Å².